The van der Waals surface area contributed by atoms with Crippen molar-refractivity contribution in [3.05, 3.63) is 63.7 Å². The van der Waals surface area contributed by atoms with Crippen LogP contribution in [0, 0.1) is 12.7 Å². The van der Waals surface area contributed by atoms with Gasteiger partial charge in [0.25, 0.3) is 5.91 Å². The van der Waals surface area contributed by atoms with Crippen molar-refractivity contribution in [2.24, 2.45) is 0 Å². The maximum atomic E-state index is 13.3. The highest BCUT2D eigenvalue weighted by molar-refractivity contribution is 7.12. The van der Waals surface area contributed by atoms with Gasteiger partial charge in [0.05, 0.1) is 10.6 Å². The Labute approximate surface area is 163 Å². The molecule has 4 nitrogen and oxygen atoms in total. The van der Waals surface area contributed by atoms with Crippen molar-refractivity contribution >= 4 is 17.2 Å². The van der Waals surface area contributed by atoms with Crippen molar-refractivity contribution in [2.45, 2.75) is 32.6 Å². The van der Waals surface area contributed by atoms with Crippen molar-refractivity contribution in [3.8, 4) is 11.3 Å². The average molecular weight is 386 g/mol. The van der Waals surface area contributed by atoms with Crippen molar-refractivity contribution in [1.82, 2.24) is 15.1 Å². The van der Waals surface area contributed by atoms with Crippen molar-refractivity contribution in [1.29, 1.82) is 0 Å². The first-order valence-electron chi connectivity index (χ1n) is 9.14. The first kappa shape index (κ1) is 19.3. The standard InChI is InChI=1S/C21H24FN3OS/c1-15-10-12-27-20(15)21(26)25(2)11-5-3-4-9-18-14-19(24-23-18)16-7-6-8-17(22)13-16/h6-8,10,12-14H,3-5,9,11H2,1-2H3,(H,23,24). The van der Waals surface area contributed by atoms with Gasteiger partial charge in [-0.05, 0) is 61.4 Å². The van der Waals surface area contributed by atoms with E-state index in [-0.39, 0.29) is 11.7 Å². The van der Waals surface area contributed by atoms with E-state index in [4.69, 9.17) is 0 Å². The molecule has 142 valence electrons. The van der Waals surface area contributed by atoms with Gasteiger partial charge in [-0.1, -0.05) is 18.6 Å². The molecule has 1 aromatic carbocycles. The number of nitrogens with zero attached hydrogens (tertiary/aromatic N) is 2. The molecule has 0 radical (unpaired) electrons. The SMILES string of the molecule is Cc1ccsc1C(=O)N(C)CCCCCc1cc(-c2cccc(F)c2)n[nH]1. The molecule has 6 heteroatoms. The van der Waals surface area contributed by atoms with Crippen LogP contribution in [0.2, 0.25) is 0 Å². The third kappa shape index (κ3) is 5.04. The molecule has 27 heavy (non-hydrogen) atoms. The summed E-state index contributed by atoms with van der Waals surface area (Å²) in [6.07, 6.45) is 3.92. The minimum atomic E-state index is -0.256. The molecular formula is C21H24FN3OS. The lowest BCUT2D eigenvalue weighted by atomic mass is 10.1. The fourth-order valence-corrected chi connectivity index (χ4v) is 3.91. The Kier molecular flexibility index (Phi) is 6.40. The largest absolute Gasteiger partial charge is 0.341 e. The number of carbonyl (C=O) groups excluding carboxylic acids is 1. The van der Waals surface area contributed by atoms with Crippen LogP contribution >= 0.6 is 11.3 Å². The van der Waals surface area contributed by atoms with E-state index < -0.39 is 0 Å². The molecule has 0 saturated heterocycles. The topological polar surface area (TPSA) is 49.0 Å². The number of aromatic amines is 1. The first-order chi connectivity index (χ1) is 13.0. The Morgan fingerprint density at radius 2 is 2.07 bits per heavy atom. The van der Waals surface area contributed by atoms with Gasteiger partial charge in [-0.15, -0.1) is 11.3 Å². The number of H-pyrrole nitrogens is 1. The monoisotopic (exact) mass is 385 g/mol. The summed E-state index contributed by atoms with van der Waals surface area (Å²) in [5, 5.41) is 9.26. The Hall–Kier alpha value is -2.47. The summed E-state index contributed by atoms with van der Waals surface area (Å²) < 4.78 is 13.3. The molecule has 1 amide bonds. The summed E-state index contributed by atoms with van der Waals surface area (Å²) in [5.41, 5.74) is 3.64. The molecule has 2 aromatic heterocycles. The van der Waals surface area contributed by atoms with E-state index in [1.54, 1.807) is 11.0 Å². The Balaban J connectivity index is 1.41. The van der Waals surface area contributed by atoms with Crippen LogP contribution in [0.25, 0.3) is 11.3 Å². The summed E-state index contributed by atoms with van der Waals surface area (Å²) in [6.45, 7) is 2.73. The highest BCUT2D eigenvalue weighted by Gasteiger charge is 2.14. The summed E-state index contributed by atoms with van der Waals surface area (Å²) >= 11 is 1.50. The lowest BCUT2D eigenvalue weighted by Crippen LogP contribution is -2.27. The average Bonchev–Trinajstić information content (AvgIpc) is 3.29. The van der Waals surface area contributed by atoms with Crippen LogP contribution in [-0.4, -0.2) is 34.6 Å². The predicted molar refractivity (Wildman–Crippen MR) is 108 cm³/mol. The van der Waals surface area contributed by atoms with Gasteiger partial charge in [0.1, 0.15) is 5.82 Å². The lowest BCUT2D eigenvalue weighted by Gasteiger charge is -2.16. The molecule has 0 aliphatic carbocycles. The second-order valence-corrected chi connectivity index (χ2v) is 7.67. The molecule has 0 spiro atoms. The van der Waals surface area contributed by atoms with Crippen LogP contribution in [0.5, 0.6) is 0 Å². The van der Waals surface area contributed by atoms with E-state index in [1.165, 1.54) is 23.5 Å². The van der Waals surface area contributed by atoms with Crippen LogP contribution in [0.15, 0.2) is 41.8 Å². The number of hydrogen-bond acceptors (Lipinski definition) is 3. The summed E-state index contributed by atoms with van der Waals surface area (Å²) in [4.78, 5) is 15.0. The van der Waals surface area contributed by atoms with Crippen molar-refractivity contribution < 1.29 is 9.18 Å². The van der Waals surface area contributed by atoms with Crippen LogP contribution < -0.4 is 0 Å². The molecule has 0 aliphatic rings. The molecule has 2 heterocycles. The Morgan fingerprint density at radius 3 is 2.81 bits per heavy atom. The minimum absolute atomic E-state index is 0.107. The zero-order chi connectivity index (χ0) is 19.2. The molecule has 3 rings (SSSR count). The van der Waals surface area contributed by atoms with Crippen LogP contribution in [0.3, 0.4) is 0 Å². The zero-order valence-corrected chi connectivity index (χ0v) is 16.5. The van der Waals surface area contributed by atoms with Crippen LogP contribution in [0.1, 0.15) is 40.2 Å². The number of amides is 1. The van der Waals surface area contributed by atoms with E-state index in [0.29, 0.717) is 0 Å². The van der Waals surface area contributed by atoms with Crippen molar-refractivity contribution in [3.63, 3.8) is 0 Å². The molecule has 3 aromatic rings. The van der Waals surface area contributed by atoms with Gasteiger partial charge >= 0.3 is 0 Å². The third-order valence-electron chi connectivity index (χ3n) is 4.59. The fraction of sp³-hybridized carbons (Fsp3) is 0.333. The zero-order valence-electron chi connectivity index (χ0n) is 15.7. The number of thiophene rings is 1. The van der Waals surface area contributed by atoms with E-state index >= 15 is 0 Å². The molecule has 0 fully saturated rings. The van der Waals surface area contributed by atoms with Gasteiger partial charge in [0, 0.05) is 24.8 Å². The minimum Gasteiger partial charge on any atom is -0.341 e. The molecule has 0 aliphatic heterocycles. The number of carbonyl (C=O) groups is 1. The highest BCUT2D eigenvalue weighted by atomic mass is 32.1. The Bertz CT molecular complexity index is 902. The maximum absolute atomic E-state index is 13.3. The molecule has 1 N–H and O–H groups in total. The first-order valence-corrected chi connectivity index (χ1v) is 10.0. The number of benzene rings is 1. The van der Waals surface area contributed by atoms with Crippen LogP contribution in [0.4, 0.5) is 4.39 Å². The number of hydrogen-bond donors (Lipinski definition) is 1. The maximum Gasteiger partial charge on any atom is 0.263 e. The van der Waals surface area contributed by atoms with E-state index in [2.05, 4.69) is 10.2 Å². The second kappa shape index (κ2) is 8.95. The van der Waals surface area contributed by atoms with Gasteiger partial charge in [-0.3, -0.25) is 9.89 Å². The van der Waals surface area contributed by atoms with E-state index in [1.807, 2.05) is 37.6 Å². The number of unbranched alkanes of at least 4 members (excludes halogenated alkanes) is 2. The van der Waals surface area contributed by atoms with Gasteiger partial charge in [0.15, 0.2) is 0 Å². The van der Waals surface area contributed by atoms with Gasteiger partial charge in [-0.25, -0.2) is 4.39 Å². The second-order valence-electron chi connectivity index (χ2n) is 6.76. The van der Waals surface area contributed by atoms with Crippen LogP contribution in [-0.2, 0) is 6.42 Å². The molecule has 0 saturated carbocycles. The fourth-order valence-electron chi connectivity index (χ4n) is 2.99. The van der Waals surface area contributed by atoms with Crippen molar-refractivity contribution in [2.75, 3.05) is 13.6 Å². The van der Waals surface area contributed by atoms with E-state index in [0.717, 1.165) is 59.6 Å². The normalized spacial score (nSPS) is 10.9. The van der Waals surface area contributed by atoms with Gasteiger partial charge < -0.3 is 4.90 Å². The summed E-state index contributed by atoms with van der Waals surface area (Å²) in [5.74, 6) is -0.149. The number of halogens is 1. The number of aromatic nitrogens is 2. The summed E-state index contributed by atoms with van der Waals surface area (Å²) in [7, 11) is 1.86. The smallest absolute Gasteiger partial charge is 0.263 e. The third-order valence-corrected chi connectivity index (χ3v) is 5.60. The molecule has 0 bridgehead atoms. The van der Waals surface area contributed by atoms with Gasteiger partial charge in [0.2, 0.25) is 0 Å². The Morgan fingerprint density at radius 1 is 1.22 bits per heavy atom. The molecule has 0 atom stereocenters. The number of rotatable bonds is 8. The highest BCUT2D eigenvalue weighted by Crippen LogP contribution is 2.20. The number of nitrogens with one attached hydrogen (secondary N) is 1. The lowest BCUT2D eigenvalue weighted by molar-refractivity contribution is 0.0796. The molecular weight excluding hydrogens is 361 g/mol. The number of aryl methyl sites for hydroxylation is 2. The molecule has 0 unspecified atom stereocenters. The van der Waals surface area contributed by atoms with E-state index in [9.17, 15) is 9.18 Å². The van der Waals surface area contributed by atoms with Gasteiger partial charge in [-0.2, -0.15) is 5.10 Å². The summed E-state index contributed by atoms with van der Waals surface area (Å²) in [6, 6.07) is 10.4. The predicted octanol–water partition coefficient (Wildman–Crippen LogP) is 5.07. The quantitative estimate of drug-likeness (QED) is 0.550.